The third-order valence-corrected chi connectivity index (χ3v) is 11.6. The van der Waals surface area contributed by atoms with Gasteiger partial charge in [-0.15, -0.1) is 0 Å². The maximum absolute atomic E-state index is 14.5. The molecule has 48 heavy (non-hydrogen) atoms. The standard InChI is InChI=1S/C39H52N4O5/c1-23(2)29-21-24(10-7-8-15-42(3)4)13-14-31(29)43-32(35-33(46-5)11-9-12-34(35)47-6)22-30(41-43)37(44)40-39(36-38(45)48-36)27-17-25-16-26(19-27)20-28(39)18-25/h9,11-14,21-23,25-28,36,38,45H,7-8,10,15-20H2,1-6H3,(H,40,44). The van der Waals surface area contributed by atoms with Crippen molar-refractivity contribution in [2.75, 3.05) is 34.9 Å². The summed E-state index contributed by atoms with van der Waals surface area (Å²) >= 11 is 0. The molecule has 2 N–H and O–H groups in total. The molecule has 5 aliphatic rings. The number of rotatable bonds is 13. The molecule has 0 spiro atoms. The zero-order valence-electron chi connectivity index (χ0n) is 29.4. The highest BCUT2D eigenvalue weighted by molar-refractivity contribution is 5.95. The number of nitrogens with one attached hydrogen (secondary N) is 1. The summed E-state index contributed by atoms with van der Waals surface area (Å²) in [6.07, 6.45) is 7.70. The van der Waals surface area contributed by atoms with Crippen LogP contribution in [-0.4, -0.2) is 78.5 Å². The van der Waals surface area contributed by atoms with E-state index in [0.717, 1.165) is 74.0 Å². The molecule has 3 aromatic rings. The van der Waals surface area contributed by atoms with E-state index in [-0.39, 0.29) is 17.9 Å². The molecule has 4 saturated carbocycles. The monoisotopic (exact) mass is 656 g/mol. The highest BCUT2D eigenvalue weighted by atomic mass is 16.7. The lowest BCUT2D eigenvalue weighted by molar-refractivity contribution is -0.0810. The van der Waals surface area contributed by atoms with Gasteiger partial charge in [0.25, 0.3) is 5.91 Å². The van der Waals surface area contributed by atoms with E-state index in [4.69, 9.17) is 19.3 Å². The summed E-state index contributed by atoms with van der Waals surface area (Å²) in [7, 11) is 7.53. The van der Waals surface area contributed by atoms with Gasteiger partial charge in [-0.1, -0.05) is 32.0 Å². The molecule has 9 nitrogen and oxygen atoms in total. The zero-order valence-corrected chi connectivity index (χ0v) is 29.4. The fourth-order valence-electron chi connectivity index (χ4n) is 9.55. The van der Waals surface area contributed by atoms with Crippen LogP contribution in [0.2, 0.25) is 0 Å². The number of unbranched alkanes of at least 4 members (excludes halogenated alkanes) is 1. The van der Waals surface area contributed by atoms with Gasteiger partial charge >= 0.3 is 0 Å². The van der Waals surface area contributed by atoms with Crippen molar-refractivity contribution in [3.05, 3.63) is 59.3 Å². The average Bonchev–Trinajstić information content (AvgIpc) is 3.64. The summed E-state index contributed by atoms with van der Waals surface area (Å²) in [6, 6.07) is 14.2. The molecule has 8 rings (SSSR count). The first-order valence-corrected chi connectivity index (χ1v) is 17.9. The number of ether oxygens (including phenoxy) is 3. The van der Waals surface area contributed by atoms with E-state index in [2.05, 4.69) is 56.4 Å². The largest absolute Gasteiger partial charge is 0.496 e. The molecule has 1 aliphatic heterocycles. The highest BCUT2D eigenvalue weighted by Gasteiger charge is 2.67. The molecular weight excluding hydrogens is 604 g/mol. The van der Waals surface area contributed by atoms with Gasteiger partial charge < -0.3 is 29.5 Å². The maximum atomic E-state index is 14.5. The molecule has 2 heterocycles. The minimum absolute atomic E-state index is 0.223. The number of hydrogen-bond acceptors (Lipinski definition) is 7. The van der Waals surface area contributed by atoms with Crippen molar-refractivity contribution < 1.29 is 24.1 Å². The van der Waals surface area contributed by atoms with E-state index in [1.807, 2.05) is 28.9 Å². The first kappa shape index (κ1) is 33.1. The number of hydrogen-bond donors (Lipinski definition) is 2. The maximum Gasteiger partial charge on any atom is 0.272 e. The van der Waals surface area contributed by atoms with Crippen LogP contribution in [-0.2, 0) is 11.2 Å². The second kappa shape index (κ2) is 13.1. The number of aryl methyl sites for hydroxylation is 1. The van der Waals surface area contributed by atoms with Crippen LogP contribution >= 0.6 is 0 Å². The second-order valence-electron chi connectivity index (χ2n) is 15.3. The van der Waals surface area contributed by atoms with Gasteiger partial charge in [0.1, 0.15) is 17.6 Å². The molecule has 4 bridgehead atoms. The van der Waals surface area contributed by atoms with Gasteiger partial charge in [-0.3, -0.25) is 4.79 Å². The molecule has 258 valence electrons. The summed E-state index contributed by atoms with van der Waals surface area (Å²) in [6.45, 7) is 5.48. The summed E-state index contributed by atoms with van der Waals surface area (Å²) in [5.74, 6) is 3.28. The van der Waals surface area contributed by atoms with Crippen molar-refractivity contribution in [3.63, 3.8) is 0 Å². The molecule has 1 aromatic heterocycles. The Morgan fingerprint density at radius 2 is 1.67 bits per heavy atom. The van der Waals surface area contributed by atoms with Gasteiger partial charge in [0.15, 0.2) is 12.0 Å². The number of aliphatic hydroxyl groups is 1. The van der Waals surface area contributed by atoms with Crippen LogP contribution in [0.25, 0.3) is 16.9 Å². The molecule has 1 saturated heterocycles. The molecule has 4 aliphatic carbocycles. The molecule has 2 aromatic carbocycles. The Balaban J connectivity index is 1.29. The first-order valence-electron chi connectivity index (χ1n) is 17.9. The molecule has 1 amide bonds. The SMILES string of the molecule is COc1cccc(OC)c1-c1cc(C(=O)NC2(C3OC3O)C3CC4CC(C3)CC2C4)nn1-c1ccc(CCCCN(C)C)cc1C(C)C. The van der Waals surface area contributed by atoms with Crippen molar-refractivity contribution in [2.24, 2.45) is 23.7 Å². The lowest BCUT2D eigenvalue weighted by Gasteiger charge is -2.60. The number of epoxide rings is 1. The van der Waals surface area contributed by atoms with Crippen LogP contribution in [0, 0.1) is 23.7 Å². The Labute approximate surface area is 284 Å². The van der Waals surface area contributed by atoms with Gasteiger partial charge in [0.2, 0.25) is 0 Å². The van der Waals surface area contributed by atoms with Crippen LogP contribution in [0.5, 0.6) is 11.5 Å². The Morgan fingerprint density at radius 3 is 2.23 bits per heavy atom. The van der Waals surface area contributed by atoms with E-state index in [1.54, 1.807) is 14.2 Å². The Kier molecular flexibility index (Phi) is 9.06. The molecule has 5 fully saturated rings. The van der Waals surface area contributed by atoms with E-state index >= 15 is 0 Å². The molecule has 2 atom stereocenters. The summed E-state index contributed by atoms with van der Waals surface area (Å²) in [4.78, 5) is 16.7. The molecule has 2 unspecified atom stereocenters. The van der Waals surface area contributed by atoms with Gasteiger partial charge in [-0.05, 0) is 137 Å². The van der Waals surface area contributed by atoms with Crippen LogP contribution in [0.3, 0.4) is 0 Å². The van der Waals surface area contributed by atoms with Gasteiger partial charge in [0.05, 0.1) is 36.7 Å². The quantitative estimate of drug-likeness (QED) is 0.167. The average molecular weight is 657 g/mol. The number of nitrogens with zero attached hydrogens (tertiary/aromatic N) is 3. The number of amides is 1. The van der Waals surface area contributed by atoms with Crippen molar-refractivity contribution >= 4 is 5.91 Å². The summed E-state index contributed by atoms with van der Waals surface area (Å²) in [5.41, 5.74) is 4.59. The molecule has 0 radical (unpaired) electrons. The van der Waals surface area contributed by atoms with Crippen LogP contribution < -0.4 is 14.8 Å². The van der Waals surface area contributed by atoms with Crippen molar-refractivity contribution in [3.8, 4) is 28.4 Å². The zero-order chi connectivity index (χ0) is 33.7. The lowest BCUT2D eigenvalue weighted by Crippen LogP contribution is -2.69. The first-order chi connectivity index (χ1) is 23.1. The van der Waals surface area contributed by atoms with E-state index in [0.29, 0.717) is 40.9 Å². The highest BCUT2D eigenvalue weighted by Crippen LogP contribution is 2.62. The number of aliphatic hydroxyl groups excluding tert-OH is 1. The van der Waals surface area contributed by atoms with E-state index < -0.39 is 11.8 Å². The Bertz CT molecular complexity index is 1600. The van der Waals surface area contributed by atoms with E-state index in [9.17, 15) is 9.90 Å². The van der Waals surface area contributed by atoms with Crippen molar-refractivity contribution in [1.82, 2.24) is 20.0 Å². The number of aromatic nitrogens is 2. The van der Waals surface area contributed by atoms with Crippen LogP contribution in [0.4, 0.5) is 0 Å². The molecule has 9 heteroatoms. The fraction of sp³-hybridized carbons (Fsp3) is 0.590. The van der Waals surface area contributed by atoms with Gasteiger partial charge in [0, 0.05) is 0 Å². The smallest absolute Gasteiger partial charge is 0.272 e. The molecular formula is C39H52N4O5. The predicted octanol–water partition coefficient (Wildman–Crippen LogP) is 6.21. The number of carbonyl (C=O) groups excluding carboxylic acids is 1. The third kappa shape index (κ3) is 5.92. The Hall–Kier alpha value is -3.40. The summed E-state index contributed by atoms with van der Waals surface area (Å²) < 4.78 is 19.4. The second-order valence-corrected chi connectivity index (χ2v) is 15.3. The Morgan fingerprint density at radius 1 is 1.02 bits per heavy atom. The van der Waals surface area contributed by atoms with E-state index in [1.165, 1.54) is 12.0 Å². The topological polar surface area (TPSA) is 101 Å². The summed E-state index contributed by atoms with van der Waals surface area (Å²) in [5, 5.41) is 19.2. The number of carbonyl (C=O) groups is 1. The van der Waals surface area contributed by atoms with Gasteiger partial charge in [-0.2, -0.15) is 5.10 Å². The predicted molar refractivity (Wildman–Crippen MR) is 186 cm³/mol. The lowest BCUT2D eigenvalue weighted by atomic mass is 9.47. The fourth-order valence-corrected chi connectivity index (χ4v) is 9.55. The third-order valence-electron chi connectivity index (χ3n) is 11.6. The minimum Gasteiger partial charge on any atom is -0.496 e. The normalized spacial score (nSPS) is 28.7. The van der Waals surface area contributed by atoms with Gasteiger partial charge in [-0.25, -0.2) is 4.68 Å². The minimum atomic E-state index is -0.830. The van der Waals surface area contributed by atoms with Crippen LogP contribution in [0.15, 0.2) is 42.5 Å². The van der Waals surface area contributed by atoms with Crippen molar-refractivity contribution in [1.29, 1.82) is 0 Å². The van der Waals surface area contributed by atoms with Crippen molar-refractivity contribution in [2.45, 2.75) is 89.1 Å². The van der Waals surface area contributed by atoms with Crippen LogP contribution in [0.1, 0.15) is 86.3 Å². The number of benzene rings is 2. The number of methoxy groups -OCH3 is 2.